The minimum atomic E-state index is -0.0973. The number of amides is 1. The van der Waals surface area contributed by atoms with Gasteiger partial charge in [-0.15, -0.1) is 0 Å². The maximum absolute atomic E-state index is 12.1. The van der Waals surface area contributed by atoms with E-state index in [1.165, 1.54) is 0 Å². The molecular formula is C17H14ClN3O. The molecule has 22 heavy (non-hydrogen) atoms. The predicted octanol–water partition coefficient (Wildman–Crippen LogP) is 3.71. The summed E-state index contributed by atoms with van der Waals surface area (Å²) >= 11 is 6.06. The molecule has 0 fully saturated rings. The molecule has 2 aromatic carbocycles. The Bertz CT molecular complexity index is 767. The molecular weight excluding hydrogens is 298 g/mol. The van der Waals surface area contributed by atoms with Gasteiger partial charge in [0, 0.05) is 23.1 Å². The van der Waals surface area contributed by atoms with Crippen LogP contribution < -0.4 is 5.32 Å². The molecule has 0 aliphatic carbocycles. The number of aromatic nitrogens is 2. The molecule has 5 heteroatoms. The van der Waals surface area contributed by atoms with Crippen molar-refractivity contribution >= 4 is 23.2 Å². The Hall–Kier alpha value is -2.59. The summed E-state index contributed by atoms with van der Waals surface area (Å²) < 4.78 is 1.76. The third-order valence-corrected chi connectivity index (χ3v) is 3.60. The summed E-state index contributed by atoms with van der Waals surface area (Å²) in [4.78, 5) is 12.1. The van der Waals surface area contributed by atoms with Crippen LogP contribution >= 0.6 is 11.6 Å². The van der Waals surface area contributed by atoms with Crippen molar-refractivity contribution in [1.29, 1.82) is 0 Å². The summed E-state index contributed by atoms with van der Waals surface area (Å²) in [6.45, 7) is 0. The molecule has 3 aromatic rings. The second kappa shape index (κ2) is 6.45. The summed E-state index contributed by atoms with van der Waals surface area (Å²) in [7, 11) is 0. The van der Waals surface area contributed by atoms with Crippen molar-refractivity contribution < 1.29 is 4.79 Å². The van der Waals surface area contributed by atoms with Gasteiger partial charge in [0.25, 0.3) is 0 Å². The SMILES string of the molecule is O=C(Cc1ccccc1Cl)Nc1ccc(-n2cccn2)cc1. The predicted molar refractivity (Wildman–Crippen MR) is 87.3 cm³/mol. The first-order valence-corrected chi connectivity index (χ1v) is 7.23. The minimum Gasteiger partial charge on any atom is -0.326 e. The molecule has 0 aliphatic rings. The van der Waals surface area contributed by atoms with Gasteiger partial charge in [0.05, 0.1) is 12.1 Å². The Balaban J connectivity index is 1.66. The molecule has 0 spiro atoms. The summed E-state index contributed by atoms with van der Waals surface area (Å²) in [5.41, 5.74) is 2.50. The summed E-state index contributed by atoms with van der Waals surface area (Å²) in [6.07, 6.45) is 3.84. The minimum absolute atomic E-state index is 0.0973. The lowest BCUT2D eigenvalue weighted by Crippen LogP contribution is -2.14. The van der Waals surface area contributed by atoms with Gasteiger partial charge in [-0.05, 0) is 42.0 Å². The zero-order chi connectivity index (χ0) is 15.4. The van der Waals surface area contributed by atoms with Crippen molar-refractivity contribution in [3.63, 3.8) is 0 Å². The van der Waals surface area contributed by atoms with Gasteiger partial charge >= 0.3 is 0 Å². The van der Waals surface area contributed by atoms with Crippen LogP contribution in [0.2, 0.25) is 5.02 Å². The largest absolute Gasteiger partial charge is 0.326 e. The van der Waals surface area contributed by atoms with E-state index in [1.807, 2.05) is 54.7 Å². The van der Waals surface area contributed by atoms with Crippen molar-refractivity contribution in [2.24, 2.45) is 0 Å². The molecule has 1 aromatic heterocycles. The van der Waals surface area contributed by atoms with Crippen LogP contribution in [-0.2, 0) is 11.2 Å². The number of benzene rings is 2. The van der Waals surface area contributed by atoms with Crippen LogP contribution in [0.25, 0.3) is 5.69 Å². The molecule has 4 nitrogen and oxygen atoms in total. The van der Waals surface area contributed by atoms with E-state index >= 15 is 0 Å². The molecule has 0 bridgehead atoms. The molecule has 0 saturated carbocycles. The van der Waals surface area contributed by atoms with E-state index in [2.05, 4.69) is 10.4 Å². The van der Waals surface area contributed by atoms with Gasteiger partial charge in [-0.3, -0.25) is 4.79 Å². The molecule has 0 aliphatic heterocycles. The quantitative estimate of drug-likeness (QED) is 0.798. The molecule has 0 unspecified atom stereocenters. The topological polar surface area (TPSA) is 46.9 Å². The Kier molecular flexibility index (Phi) is 4.21. The lowest BCUT2D eigenvalue weighted by Gasteiger charge is -2.08. The average Bonchev–Trinajstić information content (AvgIpc) is 3.05. The smallest absolute Gasteiger partial charge is 0.228 e. The lowest BCUT2D eigenvalue weighted by molar-refractivity contribution is -0.115. The Morgan fingerprint density at radius 1 is 1.09 bits per heavy atom. The number of nitrogens with one attached hydrogen (secondary N) is 1. The van der Waals surface area contributed by atoms with Crippen molar-refractivity contribution in [3.8, 4) is 5.69 Å². The van der Waals surface area contributed by atoms with E-state index in [4.69, 9.17) is 11.6 Å². The maximum Gasteiger partial charge on any atom is 0.228 e. The third-order valence-electron chi connectivity index (χ3n) is 3.23. The standard InChI is InChI=1S/C17H14ClN3O/c18-16-5-2-1-4-13(16)12-17(22)20-14-6-8-15(9-7-14)21-11-3-10-19-21/h1-11H,12H2,(H,20,22). The lowest BCUT2D eigenvalue weighted by atomic mass is 10.1. The van der Waals surface area contributed by atoms with E-state index in [0.29, 0.717) is 5.02 Å². The first-order chi connectivity index (χ1) is 10.7. The van der Waals surface area contributed by atoms with Crippen LogP contribution in [0.15, 0.2) is 67.0 Å². The average molecular weight is 312 g/mol. The van der Waals surface area contributed by atoms with Crippen LogP contribution in [0.4, 0.5) is 5.69 Å². The number of nitrogens with zero attached hydrogens (tertiary/aromatic N) is 2. The molecule has 1 N–H and O–H groups in total. The molecule has 0 atom stereocenters. The molecule has 110 valence electrons. The zero-order valence-electron chi connectivity index (χ0n) is 11.7. The highest BCUT2D eigenvalue weighted by Gasteiger charge is 2.07. The van der Waals surface area contributed by atoms with Crippen molar-refractivity contribution in [1.82, 2.24) is 9.78 Å². The van der Waals surface area contributed by atoms with Crippen molar-refractivity contribution in [2.45, 2.75) is 6.42 Å². The zero-order valence-corrected chi connectivity index (χ0v) is 12.5. The van der Waals surface area contributed by atoms with E-state index < -0.39 is 0 Å². The van der Waals surface area contributed by atoms with Gasteiger partial charge in [0.1, 0.15) is 0 Å². The Morgan fingerprint density at radius 3 is 2.55 bits per heavy atom. The molecule has 0 saturated heterocycles. The number of hydrogen-bond acceptors (Lipinski definition) is 2. The number of hydrogen-bond donors (Lipinski definition) is 1. The maximum atomic E-state index is 12.1. The molecule has 1 heterocycles. The van der Waals surface area contributed by atoms with E-state index in [9.17, 15) is 4.79 Å². The number of carbonyl (C=O) groups is 1. The van der Waals surface area contributed by atoms with E-state index in [0.717, 1.165) is 16.9 Å². The highest BCUT2D eigenvalue weighted by Crippen LogP contribution is 2.17. The number of carbonyl (C=O) groups excluding carboxylic acids is 1. The van der Waals surface area contributed by atoms with Gasteiger partial charge < -0.3 is 5.32 Å². The fourth-order valence-electron chi connectivity index (χ4n) is 2.14. The molecule has 0 radical (unpaired) electrons. The first kappa shape index (κ1) is 14.4. The second-order valence-corrected chi connectivity index (χ2v) is 5.22. The van der Waals surface area contributed by atoms with Crippen molar-refractivity contribution in [3.05, 3.63) is 77.6 Å². The van der Waals surface area contributed by atoms with Crippen molar-refractivity contribution in [2.75, 3.05) is 5.32 Å². The Morgan fingerprint density at radius 2 is 1.86 bits per heavy atom. The fourth-order valence-corrected chi connectivity index (χ4v) is 2.34. The van der Waals surface area contributed by atoms with Gasteiger partial charge in [0.2, 0.25) is 5.91 Å². The highest BCUT2D eigenvalue weighted by atomic mass is 35.5. The fraction of sp³-hybridized carbons (Fsp3) is 0.0588. The van der Waals surface area contributed by atoms with Gasteiger partial charge in [-0.25, -0.2) is 4.68 Å². The third kappa shape index (κ3) is 3.35. The van der Waals surface area contributed by atoms with Crippen LogP contribution in [0.3, 0.4) is 0 Å². The van der Waals surface area contributed by atoms with Crippen LogP contribution in [0.1, 0.15) is 5.56 Å². The summed E-state index contributed by atoms with van der Waals surface area (Å²) in [5.74, 6) is -0.0973. The van der Waals surface area contributed by atoms with Gasteiger partial charge in [-0.1, -0.05) is 29.8 Å². The van der Waals surface area contributed by atoms with E-state index in [1.54, 1.807) is 16.9 Å². The summed E-state index contributed by atoms with van der Waals surface area (Å²) in [6, 6.07) is 16.7. The van der Waals surface area contributed by atoms with Crippen LogP contribution in [-0.4, -0.2) is 15.7 Å². The highest BCUT2D eigenvalue weighted by molar-refractivity contribution is 6.31. The van der Waals surface area contributed by atoms with Gasteiger partial charge in [0.15, 0.2) is 0 Å². The first-order valence-electron chi connectivity index (χ1n) is 6.86. The van der Waals surface area contributed by atoms with Gasteiger partial charge in [-0.2, -0.15) is 5.10 Å². The summed E-state index contributed by atoms with van der Waals surface area (Å²) in [5, 5.41) is 7.62. The monoisotopic (exact) mass is 311 g/mol. The molecule has 3 rings (SSSR count). The van der Waals surface area contributed by atoms with Crippen LogP contribution in [0, 0.1) is 0 Å². The number of rotatable bonds is 4. The number of anilines is 1. The molecule has 1 amide bonds. The number of halogens is 1. The second-order valence-electron chi connectivity index (χ2n) is 4.81. The Labute approximate surface area is 133 Å². The van der Waals surface area contributed by atoms with E-state index in [-0.39, 0.29) is 12.3 Å². The normalized spacial score (nSPS) is 10.4. The van der Waals surface area contributed by atoms with Crippen LogP contribution in [0.5, 0.6) is 0 Å².